The van der Waals surface area contributed by atoms with Crippen LogP contribution in [0, 0.1) is 0 Å². The van der Waals surface area contributed by atoms with Gasteiger partial charge in [-0.1, -0.05) is 18.2 Å². The Hall–Kier alpha value is -2.56. The molecular weight excluding hydrogens is 236 g/mol. The van der Waals surface area contributed by atoms with E-state index in [-0.39, 0.29) is 0 Å². The van der Waals surface area contributed by atoms with Crippen LogP contribution >= 0.6 is 0 Å². The summed E-state index contributed by atoms with van der Waals surface area (Å²) in [6.45, 7) is 0. The Labute approximate surface area is 104 Å². The van der Waals surface area contributed by atoms with Gasteiger partial charge < -0.3 is 14.9 Å². The van der Waals surface area contributed by atoms with Crippen LogP contribution in [0.4, 0.5) is 0 Å². The van der Waals surface area contributed by atoms with Gasteiger partial charge in [-0.2, -0.15) is 0 Å². The van der Waals surface area contributed by atoms with E-state index in [2.05, 4.69) is 0 Å². The molecule has 0 spiro atoms. The molecule has 94 valence electrons. The Morgan fingerprint density at radius 1 is 1.28 bits per heavy atom. The number of ether oxygens (including phenoxy) is 1. The maximum atomic E-state index is 11.2. The second-order valence-corrected chi connectivity index (χ2v) is 3.32. The van der Waals surface area contributed by atoms with Crippen LogP contribution in [0.3, 0.4) is 0 Å². The van der Waals surface area contributed by atoms with Crippen LogP contribution in [-0.4, -0.2) is 24.0 Å². The van der Waals surface area contributed by atoms with Crippen molar-refractivity contribution in [3.8, 4) is 5.75 Å². The molecule has 0 unspecified atom stereocenters. The molecule has 0 aliphatic rings. The minimum Gasteiger partial charge on any atom is -0.867 e. The van der Waals surface area contributed by atoms with Crippen molar-refractivity contribution >= 4 is 17.8 Å². The highest BCUT2D eigenvalue weighted by molar-refractivity contribution is 6.05. The maximum absolute atomic E-state index is 11.2. The van der Waals surface area contributed by atoms with E-state index in [4.69, 9.17) is 9.84 Å². The molecule has 0 radical (unpaired) electrons. The van der Waals surface area contributed by atoms with Gasteiger partial charge in [0.25, 0.3) is 0 Å². The molecule has 1 N–H and O–H groups in total. The van der Waals surface area contributed by atoms with Gasteiger partial charge in [0.1, 0.15) is 5.75 Å². The standard InChI is InChI=1S/C13H12O5/c1-18-11-6-3-9(4-7-11)2-5-10(14)8-12(15)13(16)17/h2-8,15H,1H3,(H,16,17)/p-1/b5-2+,12-8-. The van der Waals surface area contributed by atoms with E-state index in [1.165, 1.54) is 6.08 Å². The Kier molecular flexibility index (Phi) is 4.68. The number of allylic oxidation sites excluding steroid dienone is 2. The molecular formula is C13H11O5-. The number of aliphatic carboxylic acids is 1. The highest BCUT2D eigenvalue weighted by atomic mass is 16.5. The number of carboxylic acid groups (broad SMARTS) is 1. The van der Waals surface area contributed by atoms with Gasteiger partial charge in [-0.05, 0) is 35.6 Å². The van der Waals surface area contributed by atoms with Crippen molar-refractivity contribution in [3.05, 3.63) is 47.7 Å². The van der Waals surface area contributed by atoms with E-state index in [1.807, 2.05) is 0 Å². The monoisotopic (exact) mass is 247 g/mol. The molecule has 0 heterocycles. The van der Waals surface area contributed by atoms with E-state index in [9.17, 15) is 14.7 Å². The van der Waals surface area contributed by atoms with Crippen molar-refractivity contribution in [1.82, 2.24) is 0 Å². The van der Waals surface area contributed by atoms with Gasteiger partial charge in [0.15, 0.2) is 5.78 Å². The number of rotatable bonds is 5. The minimum atomic E-state index is -1.65. The van der Waals surface area contributed by atoms with Crippen molar-refractivity contribution in [2.24, 2.45) is 0 Å². The maximum Gasteiger partial charge on any atom is 0.320 e. The summed E-state index contributed by atoms with van der Waals surface area (Å²) < 4.78 is 4.97. The molecule has 0 bridgehead atoms. The molecule has 5 nitrogen and oxygen atoms in total. The van der Waals surface area contributed by atoms with Crippen LogP contribution in [0.1, 0.15) is 5.56 Å². The van der Waals surface area contributed by atoms with Gasteiger partial charge in [0.2, 0.25) is 0 Å². The topological polar surface area (TPSA) is 86.7 Å². The number of hydrogen-bond donors (Lipinski definition) is 1. The molecule has 5 heteroatoms. The molecule has 0 aliphatic carbocycles. The second-order valence-electron chi connectivity index (χ2n) is 3.32. The van der Waals surface area contributed by atoms with Gasteiger partial charge in [-0.3, -0.25) is 4.79 Å². The van der Waals surface area contributed by atoms with Gasteiger partial charge in [0, 0.05) is 0 Å². The highest BCUT2D eigenvalue weighted by Gasteiger charge is 1.97. The van der Waals surface area contributed by atoms with Crippen molar-refractivity contribution in [1.29, 1.82) is 0 Å². The molecule has 1 rings (SSSR count). The summed E-state index contributed by atoms with van der Waals surface area (Å²) in [5.74, 6) is -2.87. The Morgan fingerprint density at radius 3 is 2.39 bits per heavy atom. The summed E-state index contributed by atoms with van der Waals surface area (Å²) in [5.41, 5.74) is 0.736. The summed E-state index contributed by atoms with van der Waals surface area (Å²) in [6.07, 6.45) is 3.14. The highest BCUT2D eigenvalue weighted by Crippen LogP contribution is 2.12. The molecule has 0 fully saturated rings. The van der Waals surface area contributed by atoms with Crippen LogP contribution in [0.2, 0.25) is 0 Å². The number of carboxylic acids is 1. The fourth-order valence-electron chi connectivity index (χ4n) is 1.13. The third-order valence-electron chi connectivity index (χ3n) is 2.04. The van der Waals surface area contributed by atoms with E-state index in [0.29, 0.717) is 11.8 Å². The van der Waals surface area contributed by atoms with Crippen molar-refractivity contribution in [3.63, 3.8) is 0 Å². The van der Waals surface area contributed by atoms with Crippen molar-refractivity contribution < 1.29 is 24.5 Å². The van der Waals surface area contributed by atoms with Crippen LogP contribution in [0.25, 0.3) is 6.08 Å². The van der Waals surface area contributed by atoms with Gasteiger partial charge in [-0.25, -0.2) is 4.79 Å². The largest absolute Gasteiger partial charge is 0.867 e. The Bertz CT molecular complexity index is 497. The minimum absolute atomic E-state index is 0.530. The van der Waals surface area contributed by atoms with E-state index >= 15 is 0 Å². The van der Waals surface area contributed by atoms with Crippen molar-refractivity contribution in [2.45, 2.75) is 0 Å². The predicted octanol–water partition coefficient (Wildman–Crippen LogP) is 0.606. The average molecular weight is 247 g/mol. The van der Waals surface area contributed by atoms with E-state index in [1.54, 1.807) is 31.4 Å². The number of hydrogen-bond acceptors (Lipinski definition) is 4. The third-order valence-corrected chi connectivity index (χ3v) is 2.04. The molecule has 0 saturated heterocycles. The van der Waals surface area contributed by atoms with E-state index < -0.39 is 17.5 Å². The van der Waals surface area contributed by atoms with Gasteiger partial charge in [0.05, 0.1) is 7.11 Å². The van der Waals surface area contributed by atoms with Crippen LogP contribution < -0.4 is 9.84 Å². The summed E-state index contributed by atoms with van der Waals surface area (Å²) in [4.78, 5) is 21.4. The molecule has 0 atom stereocenters. The molecule has 0 saturated carbocycles. The lowest BCUT2D eigenvalue weighted by Crippen LogP contribution is -2.15. The third kappa shape index (κ3) is 4.13. The summed E-state index contributed by atoms with van der Waals surface area (Å²) in [7, 11) is 1.54. The fraction of sp³-hybridized carbons (Fsp3) is 0.0769. The second kappa shape index (κ2) is 6.24. The Balaban J connectivity index is 2.71. The number of ketones is 1. The summed E-state index contributed by atoms with van der Waals surface area (Å²) in [6, 6.07) is 6.88. The molecule has 0 amide bonds. The first kappa shape index (κ1) is 13.5. The predicted molar refractivity (Wildman–Crippen MR) is 62.8 cm³/mol. The molecule has 1 aromatic rings. The van der Waals surface area contributed by atoms with Gasteiger partial charge >= 0.3 is 5.97 Å². The van der Waals surface area contributed by atoms with E-state index in [0.717, 1.165) is 11.6 Å². The molecule has 0 aliphatic heterocycles. The summed E-state index contributed by atoms with van der Waals surface area (Å²) >= 11 is 0. The lowest BCUT2D eigenvalue weighted by Gasteiger charge is -2.02. The smallest absolute Gasteiger partial charge is 0.320 e. The SMILES string of the molecule is COc1ccc(/C=C/C(=O)/C=C(\[O-])C(=O)O)cc1. The average Bonchev–Trinajstić information content (AvgIpc) is 2.36. The van der Waals surface area contributed by atoms with Gasteiger partial charge in [-0.15, -0.1) is 0 Å². The summed E-state index contributed by atoms with van der Waals surface area (Å²) in [5, 5.41) is 19.0. The first-order chi connectivity index (χ1) is 8.52. The quantitative estimate of drug-likeness (QED) is 0.608. The lowest BCUT2D eigenvalue weighted by molar-refractivity contribution is -0.302. The number of carbonyl (C=O) groups is 2. The number of carbonyl (C=O) groups excluding carboxylic acids is 1. The zero-order chi connectivity index (χ0) is 13.5. The first-order valence-corrected chi connectivity index (χ1v) is 5.01. The fourth-order valence-corrected chi connectivity index (χ4v) is 1.13. The van der Waals surface area contributed by atoms with Crippen LogP contribution in [0.15, 0.2) is 42.2 Å². The first-order valence-electron chi connectivity index (χ1n) is 5.01. The molecule has 18 heavy (non-hydrogen) atoms. The molecule has 0 aromatic heterocycles. The number of benzene rings is 1. The number of methoxy groups -OCH3 is 1. The zero-order valence-corrected chi connectivity index (χ0v) is 9.62. The van der Waals surface area contributed by atoms with Crippen LogP contribution in [0.5, 0.6) is 5.75 Å². The normalized spacial score (nSPS) is 11.5. The van der Waals surface area contributed by atoms with Crippen molar-refractivity contribution in [2.75, 3.05) is 7.11 Å². The lowest BCUT2D eigenvalue weighted by atomic mass is 10.2. The zero-order valence-electron chi connectivity index (χ0n) is 9.62. The van der Waals surface area contributed by atoms with Crippen LogP contribution in [-0.2, 0) is 9.59 Å². The molecule has 1 aromatic carbocycles. The Morgan fingerprint density at radius 2 is 1.89 bits per heavy atom.